The minimum atomic E-state index is 0.707. The van der Waals surface area contributed by atoms with Crippen molar-refractivity contribution in [2.45, 2.75) is 0 Å². The summed E-state index contributed by atoms with van der Waals surface area (Å²) in [4.78, 5) is 16.3. The van der Waals surface area contributed by atoms with E-state index in [1.54, 1.807) is 11.3 Å². The molecule has 0 atom stereocenters. The summed E-state index contributed by atoms with van der Waals surface area (Å²) in [7, 11) is 0. The summed E-state index contributed by atoms with van der Waals surface area (Å²) in [5, 5.41) is 7.22. The molecule has 266 valence electrons. The molecule has 0 fully saturated rings. The molecule has 6 heteroatoms. The number of thiophene rings is 1. The van der Waals surface area contributed by atoms with Crippen molar-refractivity contribution in [1.29, 1.82) is 0 Å². The monoisotopic (exact) mass is 745 g/mol. The number of fused-ring (bicyclic) bond motifs is 9. The molecule has 0 aliphatic rings. The number of hydrogen-bond acceptors (Lipinski definition) is 4. The van der Waals surface area contributed by atoms with Crippen LogP contribution in [0.1, 0.15) is 0 Å². The highest BCUT2D eigenvalue weighted by molar-refractivity contribution is 7.25. The van der Waals surface area contributed by atoms with Gasteiger partial charge in [-0.1, -0.05) is 121 Å². The van der Waals surface area contributed by atoms with E-state index in [1.165, 1.54) is 37.3 Å². The second-order valence-corrected chi connectivity index (χ2v) is 15.5. The van der Waals surface area contributed by atoms with Gasteiger partial charge in [0.1, 0.15) is 4.83 Å². The van der Waals surface area contributed by atoms with Gasteiger partial charge in [0.15, 0.2) is 5.82 Å². The molecule has 0 aliphatic heterocycles. The molecule has 57 heavy (non-hydrogen) atoms. The molecule has 0 spiro atoms. The highest BCUT2D eigenvalue weighted by Gasteiger charge is 2.18. The molecule has 0 bridgehead atoms. The van der Waals surface area contributed by atoms with Crippen molar-refractivity contribution >= 4 is 75.3 Å². The molecular formula is C51H31N5S. The van der Waals surface area contributed by atoms with Crippen LogP contribution in [-0.4, -0.2) is 24.1 Å². The van der Waals surface area contributed by atoms with Crippen LogP contribution in [-0.2, 0) is 0 Å². The predicted octanol–water partition coefficient (Wildman–Crippen LogP) is 13.4. The van der Waals surface area contributed by atoms with Gasteiger partial charge >= 0.3 is 0 Å². The fourth-order valence-electron chi connectivity index (χ4n) is 8.58. The molecule has 0 amide bonds. The summed E-state index contributed by atoms with van der Waals surface area (Å²) in [5.41, 5.74) is 11.7. The minimum Gasteiger partial charge on any atom is -0.309 e. The minimum absolute atomic E-state index is 0.707. The van der Waals surface area contributed by atoms with Gasteiger partial charge in [-0.05, 0) is 60.7 Å². The Balaban J connectivity index is 1.03. The first-order valence-corrected chi connectivity index (χ1v) is 19.9. The number of rotatable bonds is 5. The van der Waals surface area contributed by atoms with Crippen LogP contribution in [0.5, 0.6) is 0 Å². The zero-order chi connectivity index (χ0) is 37.5. The highest BCUT2D eigenvalue weighted by atomic mass is 32.1. The fraction of sp³-hybridized carbons (Fsp3) is 0. The smallest absolute Gasteiger partial charge is 0.160 e. The average molecular weight is 746 g/mol. The maximum absolute atomic E-state index is 5.14. The van der Waals surface area contributed by atoms with Crippen molar-refractivity contribution < 1.29 is 0 Å². The SMILES string of the molecule is c1ccc(-c2cc(-c3ccc4c(c3)c3ccccc3n4-c3cnc4sc5ccc(-n6c7ccccc7c7ccccc76)cc5c4c3)nc(-c3ccccc3)n2)cc1. The van der Waals surface area contributed by atoms with E-state index < -0.39 is 0 Å². The van der Waals surface area contributed by atoms with E-state index in [-0.39, 0.29) is 0 Å². The third-order valence-corrected chi connectivity index (χ3v) is 12.3. The molecule has 0 unspecified atom stereocenters. The molecule has 12 rings (SSSR count). The Labute approximate surface area is 331 Å². The first-order valence-electron chi connectivity index (χ1n) is 19.1. The second kappa shape index (κ2) is 12.6. The molecule has 7 aromatic carbocycles. The summed E-state index contributed by atoms with van der Waals surface area (Å²) in [6.07, 6.45) is 2.02. The van der Waals surface area contributed by atoms with Crippen molar-refractivity contribution in [3.63, 3.8) is 0 Å². The number of hydrogen-bond donors (Lipinski definition) is 0. The van der Waals surface area contributed by atoms with E-state index in [2.05, 4.69) is 167 Å². The molecule has 0 saturated heterocycles. The van der Waals surface area contributed by atoms with Gasteiger partial charge in [-0.2, -0.15) is 0 Å². The Morgan fingerprint density at radius 1 is 0.368 bits per heavy atom. The number of benzene rings is 7. The van der Waals surface area contributed by atoms with Gasteiger partial charge in [0.05, 0.1) is 45.3 Å². The van der Waals surface area contributed by atoms with Crippen molar-refractivity contribution in [2.24, 2.45) is 0 Å². The van der Waals surface area contributed by atoms with Crippen LogP contribution in [0, 0.1) is 0 Å². The van der Waals surface area contributed by atoms with Gasteiger partial charge in [0, 0.05) is 59.4 Å². The van der Waals surface area contributed by atoms with Gasteiger partial charge in [-0.15, -0.1) is 11.3 Å². The van der Waals surface area contributed by atoms with Crippen LogP contribution < -0.4 is 0 Å². The molecule has 0 saturated carbocycles. The first kappa shape index (κ1) is 31.9. The second-order valence-electron chi connectivity index (χ2n) is 14.5. The molecular weight excluding hydrogens is 715 g/mol. The molecule has 5 nitrogen and oxygen atoms in total. The van der Waals surface area contributed by atoms with E-state index in [1.807, 2.05) is 30.5 Å². The van der Waals surface area contributed by atoms with Gasteiger partial charge in [0.25, 0.3) is 0 Å². The fourth-order valence-corrected chi connectivity index (χ4v) is 9.59. The van der Waals surface area contributed by atoms with Crippen molar-refractivity contribution in [2.75, 3.05) is 0 Å². The number of pyridine rings is 1. The Bertz CT molecular complexity index is 3410. The molecule has 5 heterocycles. The van der Waals surface area contributed by atoms with Crippen molar-refractivity contribution in [3.05, 3.63) is 188 Å². The molecule has 12 aromatic rings. The lowest BCUT2D eigenvalue weighted by molar-refractivity contribution is 1.16. The Hall–Kier alpha value is -7.41. The summed E-state index contributed by atoms with van der Waals surface area (Å²) in [6.45, 7) is 0. The molecule has 5 aromatic heterocycles. The van der Waals surface area contributed by atoms with Gasteiger partial charge in [0.2, 0.25) is 0 Å². The Morgan fingerprint density at radius 3 is 1.60 bits per heavy atom. The normalized spacial score (nSPS) is 11.9. The third-order valence-electron chi connectivity index (χ3n) is 11.2. The van der Waals surface area contributed by atoms with Gasteiger partial charge in [-0.3, -0.25) is 0 Å². The molecule has 0 radical (unpaired) electrons. The summed E-state index contributed by atoms with van der Waals surface area (Å²) in [5.74, 6) is 0.707. The average Bonchev–Trinajstić information content (AvgIpc) is 3.94. The molecule has 0 aliphatic carbocycles. The zero-order valence-corrected chi connectivity index (χ0v) is 31.4. The predicted molar refractivity (Wildman–Crippen MR) is 238 cm³/mol. The van der Waals surface area contributed by atoms with E-state index in [0.717, 1.165) is 66.1 Å². The summed E-state index contributed by atoms with van der Waals surface area (Å²) >= 11 is 1.74. The number of nitrogens with zero attached hydrogens (tertiary/aromatic N) is 5. The first-order chi connectivity index (χ1) is 28.2. The van der Waals surface area contributed by atoms with Gasteiger partial charge in [-0.25, -0.2) is 15.0 Å². The standard InChI is InChI=1S/C51H31N5S/c1-3-13-32(14-4-1)43-30-44(54-50(53-43)33-15-5-2-6-16-33)34-23-25-48-40(27-34)39-19-9-12-22-47(39)56(48)36-29-42-41-28-35(24-26-49(41)57-51(42)52-31-36)55-45-20-10-7-17-37(45)38-18-8-11-21-46(38)55/h1-31H. The Kier molecular flexibility index (Phi) is 7.03. The van der Waals surface area contributed by atoms with Crippen molar-refractivity contribution in [3.8, 4) is 45.3 Å². The zero-order valence-electron chi connectivity index (χ0n) is 30.5. The van der Waals surface area contributed by atoms with Crippen LogP contribution >= 0.6 is 11.3 Å². The lowest BCUT2D eigenvalue weighted by atomic mass is 10.0. The van der Waals surface area contributed by atoms with Crippen LogP contribution in [0.3, 0.4) is 0 Å². The highest BCUT2D eigenvalue weighted by Crippen LogP contribution is 2.40. The third kappa shape index (κ3) is 5.04. The largest absolute Gasteiger partial charge is 0.309 e. The maximum Gasteiger partial charge on any atom is 0.160 e. The molecule has 0 N–H and O–H groups in total. The number of aromatic nitrogens is 5. The van der Waals surface area contributed by atoms with Crippen LogP contribution in [0.15, 0.2) is 188 Å². The maximum atomic E-state index is 5.14. The quantitative estimate of drug-likeness (QED) is 0.176. The van der Waals surface area contributed by atoms with Crippen LogP contribution in [0.25, 0.3) is 109 Å². The number of para-hydroxylation sites is 3. The summed E-state index contributed by atoms with van der Waals surface area (Å²) in [6, 6.07) is 64.5. The topological polar surface area (TPSA) is 48.5 Å². The van der Waals surface area contributed by atoms with E-state index in [9.17, 15) is 0 Å². The van der Waals surface area contributed by atoms with Gasteiger partial charge < -0.3 is 9.13 Å². The summed E-state index contributed by atoms with van der Waals surface area (Å²) < 4.78 is 5.96. The Morgan fingerprint density at radius 2 is 0.912 bits per heavy atom. The lowest BCUT2D eigenvalue weighted by Crippen LogP contribution is -1.96. The van der Waals surface area contributed by atoms with E-state index in [0.29, 0.717) is 5.82 Å². The van der Waals surface area contributed by atoms with Crippen LogP contribution in [0.4, 0.5) is 0 Å². The van der Waals surface area contributed by atoms with Crippen molar-refractivity contribution in [1.82, 2.24) is 24.1 Å². The lowest BCUT2D eigenvalue weighted by Gasteiger charge is -2.11. The van der Waals surface area contributed by atoms with E-state index in [4.69, 9.17) is 15.0 Å². The van der Waals surface area contributed by atoms with Crippen LogP contribution in [0.2, 0.25) is 0 Å². The van der Waals surface area contributed by atoms with E-state index >= 15 is 0 Å².